The van der Waals surface area contributed by atoms with E-state index in [0.717, 1.165) is 44.7 Å². The fourth-order valence-electron chi connectivity index (χ4n) is 5.04. The molecule has 1 saturated heterocycles. The normalized spacial score (nSPS) is 26.5. The van der Waals surface area contributed by atoms with Crippen LogP contribution in [0.1, 0.15) is 58.1 Å². The summed E-state index contributed by atoms with van der Waals surface area (Å²) in [5.74, 6) is -0.312. The van der Waals surface area contributed by atoms with E-state index < -0.39 is 11.9 Å². The van der Waals surface area contributed by atoms with Crippen LogP contribution in [0.4, 0.5) is 0 Å². The van der Waals surface area contributed by atoms with Crippen LogP contribution in [0.15, 0.2) is 24.3 Å². The van der Waals surface area contributed by atoms with E-state index in [1.54, 1.807) is 6.07 Å². The summed E-state index contributed by atoms with van der Waals surface area (Å²) in [7, 11) is 2.20. The number of likely N-dealkylation sites (N-methyl/N-ethyl adjacent to an activating group) is 1. The maximum absolute atomic E-state index is 11.3. The summed E-state index contributed by atoms with van der Waals surface area (Å²) in [6, 6.07) is 4.27. The molecule has 3 atom stereocenters. The van der Waals surface area contributed by atoms with E-state index in [-0.39, 0.29) is 11.2 Å². The van der Waals surface area contributed by atoms with Crippen molar-refractivity contribution in [3.8, 4) is 11.5 Å². The van der Waals surface area contributed by atoms with Gasteiger partial charge in [0.05, 0.1) is 0 Å². The summed E-state index contributed by atoms with van der Waals surface area (Å²) in [5.41, 5.74) is 2.23. The van der Waals surface area contributed by atoms with Crippen LogP contribution in [0.2, 0.25) is 0 Å². The maximum Gasteiger partial charge on any atom is 0.308 e. The van der Waals surface area contributed by atoms with E-state index in [0.29, 0.717) is 17.7 Å². The van der Waals surface area contributed by atoms with Gasteiger partial charge in [0.25, 0.3) is 5.97 Å². The van der Waals surface area contributed by atoms with Gasteiger partial charge in [-0.2, -0.15) is 0 Å². The number of hydrogen-bond donors (Lipinski definition) is 2. The third kappa shape index (κ3) is 4.47. The SMILES string of the molecule is CC.CC(=O)O.CC(=O)Oc1ccc2c(c1O)C13CCC=CC1C(C2)N(C)CC3. The second-order valence-electron chi connectivity index (χ2n) is 7.71. The van der Waals surface area contributed by atoms with Crippen molar-refractivity contribution in [1.82, 2.24) is 4.90 Å². The van der Waals surface area contributed by atoms with Crippen molar-refractivity contribution in [2.45, 2.75) is 64.8 Å². The van der Waals surface area contributed by atoms with Crippen molar-refractivity contribution < 1.29 is 24.5 Å². The van der Waals surface area contributed by atoms with E-state index in [9.17, 15) is 9.90 Å². The Hall–Kier alpha value is -2.34. The molecule has 6 heteroatoms. The molecule has 0 aromatic heterocycles. The fraction of sp³-hybridized carbons (Fsp3) is 0.565. The summed E-state index contributed by atoms with van der Waals surface area (Å²) >= 11 is 0. The van der Waals surface area contributed by atoms with E-state index in [1.807, 2.05) is 19.9 Å². The van der Waals surface area contributed by atoms with Gasteiger partial charge in [-0.05, 0) is 50.9 Å². The van der Waals surface area contributed by atoms with Gasteiger partial charge in [-0.15, -0.1) is 0 Å². The molecule has 2 bridgehead atoms. The molecule has 0 radical (unpaired) electrons. The molecule has 2 aliphatic carbocycles. The fourth-order valence-corrected chi connectivity index (χ4v) is 5.04. The molecule has 0 saturated carbocycles. The van der Waals surface area contributed by atoms with Crippen molar-refractivity contribution in [2.75, 3.05) is 13.6 Å². The Bertz CT molecular complexity index is 784. The summed E-state index contributed by atoms with van der Waals surface area (Å²) < 4.78 is 5.23. The molecular weight excluding hydrogens is 370 g/mol. The number of aromatic hydroxyl groups is 1. The summed E-state index contributed by atoms with van der Waals surface area (Å²) in [6.07, 6.45) is 8.72. The van der Waals surface area contributed by atoms with Crippen molar-refractivity contribution in [2.24, 2.45) is 5.92 Å². The number of allylic oxidation sites excluding steroid dienone is 1. The number of carbonyl (C=O) groups is 2. The number of hydrogen-bond acceptors (Lipinski definition) is 5. The lowest BCUT2D eigenvalue weighted by atomic mass is 9.54. The first-order chi connectivity index (χ1) is 13.8. The smallest absolute Gasteiger partial charge is 0.308 e. The Kier molecular flexibility index (Phi) is 7.47. The van der Waals surface area contributed by atoms with E-state index in [2.05, 4.69) is 24.1 Å². The number of fused-ring (bicyclic) bond motifs is 1. The highest BCUT2D eigenvalue weighted by molar-refractivity contribution is 5.71. The summed E-state index contributed by atoms with van der Waals surface area (Å²) in [6.45, 7) is 7.50. The Labute approximate surface area is 173 Å². The van der Waals surface area contributed by atoms with Gasteiger partial charge < -0.3 is 19.8 Å². The van der Waals surface area contributed by atoms with Gasteiger partial charge in [-0.1, -0.05) is 32.1 Å². The predicted octanol–water partition coefficient (Wildman–Crippen LogP) is 3.90. The number of esters is 1. The third-order valence-corrected chi connectivity index (χ3v) is 6.04. The number of rotatable bonds is 1. The molecule has 1 aromatic rings. The van der Waals surface area contributed by atoms with Crippen LogP contribution in [0.3, 0.4) is 0 Å². The zero-order valence-corrected chi connectivity index (χ0v) is 18.1. The number of ether oxygens (including phenoxy) is 1. The molecule has 29 heavy (non-hydrogen) atoms. The van der Waals surface area contributed by atoms with Gasteiger partial charge in [0.2, 0.25) is 0 Å². The average Bonchev–Trinajstić information content (AvgIpc) is 2.67. The van der Waals surface area contributed by atoms with Gasteiger partial charge >= 0.3 is 5.97 Å². The number of phenols is 1. The average molecular weight is 404 g/mol. The van der Waals surface area contributed by atoms with Crippen molar-refractivity contribution >= 4 is 11.9 Å². The summed E-state index contributed by atoms with van der Waals surface area (Å²) in [5, 5.41) is 18.3. The molecule has 160 valence electrons. The van der Waals surface area contributed by atoms with Crippen LogP contribution >= 0.6 is 0 Å². The molecule has 1 aliphatic heterocycles. The number of aliphatic carboxylic acids is 1. The highest BCUT2D eigenvalue weighted by atomic mass is 16.5. The Morgan fingerprint density at radius 1 is 1.21 bits per heavy atom. The highest BCUT2D eigenvalue weighted by Gasteiger charge is 2.53. The van der Waals surface area contributed by atoms with Gasteiger partial charge in [0, 0.05) is 36.8 Å². The minimum Gasteiger partial charge on any atom is -0.504 e. The minimum absolute atomic E-state index is 0.0141. The van der Waals surface area contributed by atoms with Crippen LogP contribution in [0.5, 0.6) is 11.5 Å². The lowest BCUT2D eigenvalue weighted by Crippen LogP contribution is -2.58. The van der Waals surface area contributed by atoms with Gasteiger partial charge in [-0.3, -0.25) is 9.59 Å². The lowest BCUT2D eigenvalue weighted by molar-refractivity contribution is -0.134. The van der Waals surface area contributed by atoms with Crippen molar-refractivity contribution in [3.63, 3.8) is 0 Å². The standard InChI is InChI=1S/C19H23NO3.C2H4O2.C2H6/c1-12(21)23-16-7-6-13-11-15-14-5-3-4-8-19(14,9-10-20(15)2)17(13)18(16)22;1-2(3)4;1-2/h3,5-7,14-15,22H,4,8-11H2,1-2H3;1H3,(H,3,4);1-2H3. The molecule has 0 spiro atoms. The van der Waals surface area contributed by atoms with Crippen LogP contribution in [-0.2, 0) is 21.4 Å². The highest BCUT2D eigenvalue weighted by Crippen LogP contribution is 2.57. The molecule has 1 aromatic carbocycles. The van der Waals surface area contributed by atoms with Crippen LogP contribution in [0.25, 0.3) is 0 Å². The molecule has 2 N–H and O–H groups in total. The Balaban J connectivity index is 0.000000449. The number of piperidine rings is 1. The van der Waals surface area contributed by atoms with E-state index in [4.69, 9.17) is 14.6 Å². The summed E-state index contributed by atoms with van der Waals surface area (Å²) in [4.78, 5) is 22.8. The topological polar surface area (TPSA) is 87.1 Å². The number of carbonyl (C=O) groups excluding carboxylic acids is 1. The molecule has 3 aliphatic rings. The Morgan fingerprint density at radius 3 is 2.48 bits per heavy atom. The van der Waals surface area contributed by atoms with Crippen LogP contribution < -0.4 is 4.74 Å². The second kappa shape index (κ2) is 9.44. The molecule has 3 unspecified atom stereocenters. The van der Waals surface area contributed by atoms with E-state index >= 15 is 0 Å². The zero-order chi connectivity index (χ0) is 21.8. The number of likely N-dealkylation sites (tertiary alicyclic amines) is 1. The predicted molar refractivity (Wildman–Crippen MR) is 112 cm³/mol. The maximum atomic E-state index is 11.3. The zero-order valence-electron chi connectivity index (χ0n) is 18.1. The first kappa shape index (κ1) is 22.9. The molecule has 6 nitrogen and oxygen atoms in total. The Morgan fingerprint density at radius 2 is 1.86 bits per heavy atom. The molecule has 1 heterocycles. The largest absolute Gasteiger partial charge is 0.504 e. The minimum atomic E-state index is -0.833. The third-order valence-electron chi connectivity index (χ3n) is 6.04. The van der Waals surface area contributed by atoms with Crippen LogP contribution in [0, 0.1) is 5.92 Å². The van der Waals surface area contributed by atoms with Crippen LogP contribution in [-0.4, -0.2) is 46.7 Å². The first-order valence-corrected chi connectivity index (χ1v) is 10.4. The molecule has 0 amide bonds. The number of benzene rings is 1. The monoisotopic (exact) mass is 403 g/mol. The van der Waals surface area contributed by atoms with Gasteiger partial charge in [-0.25, -0.2) is 0 Å². The number of carboxylic acid groups (broad SMARTS) is 1. The van der Waals surface area contributed by atoms with Crippen molar-refractivity contribution in [1.29, 1.82) is 0 Å². The van der Waals surface area contributed by atoms with E-state index in [1.165, 1.54) is 12.5 Å². The van der Waals surface area contributed by atoms with Gasteiger partial charge in [0.1, 0.15) is 0 Å². The van der Waals surface area contributed by atoms with Crippen molar-refractivity contribution in [3.05, 3.63) is 35.4 Å². The quantitative estimate of drug-likeness (QED) is 0.420. The molecule has 4 rings (SSSR count). The number of nitrogens with zero attached hydrogens (tertiary/aromatic N) is 1. The molecule has 1 fully saturated rings. The number of carboxylic acids is 1. The lowest BCUT2D eigenvalue weighted by Gasteiger charge is -2.56. The first-order valence-electron chi connectivity index (χ1n) is 10.4. The number of phenolic OH excluding ortho intramolecular Hbond substituents is 1. The molecular formula is C23H33NO5. The van der Waals surface area contributed by atoms with Gasteiger partial charge in [0.15, 0.2) is 11.5 Å². The second-order valence-corrected chi connectivity index (χ2v) is 7.71.